The van der Waals surface area contributed by atoms with Gasteiger partial charge in [-0.1, -0.05) is 0 Å². The summed E-state index contributed by atoms with van der Waals surface area (Å²) in [4.78, 5) is 12.1. The number of hydrogen-bond acceptors (Lipinski definition) is 5. The first kappa shape index (κ1) is 12.5. The molecule has 0 atom stereocenters. The van der Waals surface area contributed by atoms with Gasteiger partial charge in [0.15, 0.2) is 5.82 Å². The SMILES string of the molecule is Cc1cc(C)n2c(-c3cnc(C4(N)CCC4)[nH]3)nnc2n1. The summed E-state index contributed by atoms with van der Waals surface area (Å²) in [5.74, 6) is 2.15. The Morgan fingerprint density at radius 3 is 2.81 bits per heavy atom. The van der Waals surface area contributed by atoms with E-state index in [1.54, 1.807) is 6.20 Å². The van der Waals surface area contributed by atoms with Gasteiger partial charge in [0.2, 0.25) is 0 Å². The molecule has 0 bridgehead atoms. The summed E-state index contributed by atoms with van der Waals surface area (Å²) in [6.45, 7) is 3.96. The molecule has 7 nitrogen and oxygen atoms in total. The molecule has 0 aromatic carbocycles. The van der Waals surface area contributed by atoms with Crippen molar-refractivity contribution < 1.29 is 0 Å². The lowest BCUT2D eigenvalue weighted by Gasteiger charge is -2.35. The number of rotatable bonds is 2. The molecule has 7 heteroatoms. The summed E-state index contributed by atoms with van der Waals surface area (Å²) in [5, 5.41) is 8.39. The van der Waals surface area contributed by atoms with Gasteiger partial charge in [0.05, 0.1) is 11.7 Å². The highest BCUT2D eigenvalue weighted by molar-refractivity contribution is 5.54. The number of aromatic amines is 1. The van der Waals surface area contributed by atoms with Crippen LogP contribution in [0.4, 0.5) is 0 Å². The van der Waals surface area contributed by atoms with Crippen LogP contribution in [0, 0.1) is 13.8 Å². The molecule has 0 amide bonds. The predicted octanol–water partition coefficient (Wildman–Crippen LogP) is 1.47. The molecule has 1 aliphatic carbocycles. The number of nitrogens with one attached hydrogen (secondary N) is 1. The number of imidazole rings is 1. The lowest BCUT2D eigenvalue weighted by atomic mass is 9.77. The van der Waals surface area contributed by atoms with Gasteiger partial charge in [-0.3, -0.25) is 4.40 Å². The second kappa shape index (κ2) is 4.11. The molecular weight excluding hydrogens is 266 g/mol. The van der Waals surface area contributed by atoms with Crippen molar-refractivity contribution in [2.75, 3.05) is 0 Å². The molecule has 3 heterocycles. The average Bonchev–Trinajstić information content (AvgIpc) is 3.01. The zero-order valence-electron chi connectivity index (χ0n) is 12.1. The highest BCUT2D eigenvalue weighted by Crippen LogP contribution is 2.37. The van der Waals surface area contributed by atoms with Gasteiger partial charge in [-0.25, -0.2) is 9.97 Å². The van der Waals surface area contributed by atoms with Crippen molar-refractivity contribution in [3.8, 4) is 11.5 Å². The van der Waals surface area contributed by atoms with E-state index in [1.807, 2.05) is 24.3 Å². The number of nitrogens with two attached hydrogens (primary N) is 1. The third-order valence-corrected chi connectivity index (χ3v) is 4.23. The van der Waals surface area contributed by atoms with Gasteiger partial charge in [0, 0.05) is 11.4 Å². The highest BCUT2D eigenvalue weighted by Gasteiger charge is 2.37. The molecule has 4 rings (SSSR count). The summed E-state index contributed by atoms with van der Waals surface area (Å²) in [6.07, 6.45) is 4.88. The minimum Gasteiger partial charge on any atom is -0.338 e. The smallest absolute Gasteiger partial charge is 0.255 e. The fraction of sp³-hybridized carbons (Fsp3) is 0.429. The summed E-state index contributed by atoms with van der Waals surface area (Å²) in [7, 11) is 0. The van der Waals surface area contributed by atoms with E-state index in [0.717, 1.165) is 48.0 Å². The van der Waals surface area contributed by atoms with Crippen molar-refractivity contribution in [3.63, 3.8) is 0 Å². The van der Waals surface area contributed by atoms with Crippen molar-refractivity contribution in [1.29, 1.82) is 0 Å². The number of aryl methyl sites for hydroxylation is 2. The Labute approximate surface area is 121 Å². The Morgan fingerprint density at radius 2 is 2.10 bits per heavy atom. The summed E-state index contributed by atoms with van der Waals surface area (Å²) >= 11 is 0. The lowest BCUT2D eigenvalue weighted by Crippen LogP contribution is -2.44. The fourth-order valence-corrected chi connectivity index (χ4v) is 2.89. The third kappa shape index (κ3) is 1.77. The van der Waals surface area contributed by atoms with Gasteiger partial charge in [-0.15, -0.1) is 10.2 Å². The first-order valence-electron chi connectivity index (χ1n) is 7.11. The van der Waals surface area contributed by atoms with Crippen molar-refractivity contribution in [3.05, 3.63) is 29.5 Å². The largest absolute Gasteiger partial charge is 0.338 e. The van der Waals surface area contributed by atoms with Gasteiger partial charge in [-0.05, 0) is 39.2 Å². The number of hydrogen-bond donors (Lipinski definition) is 2. The Bertz CT molecular complexity index is 825. The Hall–Kier alpha value is -2.28. The van der Waals surface area contributed by atoms with E-state index in [2.05, 4.69) is 25.1 Å². The second-order valence-corrected chi connectivity index (χ2v) is 5.85. The third-order valence-electron chi connectivity index (χ3n) is 4.23. The monoisotopic (exact) mass is 283 g/mol. The number of fused-ring (bicyclic) bond motifs is 1. The maximum absolute atomic E-state index is 6.30. The zero-order chi connectivity index (χ0) is 14.6. The summed E-state index contributed by atoms with van der Waals surface area (Å²) < 4.78 is 1.92. The Kier molecular flexibility index (Phi) is 2.44. The molecule has 3 aromatic rings. The second-order valence-electron chi connectivity index (χ2n) is 5.85. The van der Waals surface area contributed by atoms with E-state index >= 15 is 0 Å². The van der Waals surface area contributed by atoms with Crippen LogP contribution < -0.4 is 5.73 Å². The van der Waals surface area contributed by atoms with Gasteiger partial charge in [0.1, 0.15) is 11.5 Å². The Morgan fingerprint density at radius 1 is 1.29 bits per heavy atom. The van der Waals surface area contributed by atoms with E-state index in [-0.39, 0.29) is 5.54 Å². The average molecular weight is 283 g/mol. The van der Waals surface area contributed by atoms with Gasteiger partial charge in [0.25, 0.3) is 5.78 Å². The molecule has 21 heavy (non-hydrogen) atoms. The first-order chi connectivity index (χ1) is 10.1. The first-order valence-corrected chi connectivity index (χ1v) is 7.11. The molecule has 0 unspecified atom stereocenters. The maximum Gasteiger partial charge on any atom is 0.255 e. The van der Waals surface area contributed by atoms with Crippen molar-refractivity contribution in [2.45, 2.75) is 38.6 Å². The van der Waals surface area contributed by atoms with Crippen LogP contribution in [0.5, 0.6) is 0 Å². The standard InChI is InChI=1S/C14H17N7/c1-8-6-9(2)21-11(19-20-13(21)17-8)10-7-16-12(18-10)14(15)4-3-5-14/h6-7H,3-5,15H2,1-2H3,(H,16,18). The van der Waals surface area contributed by atoms with Crippen LogP contribution in [0.1, 0.15) is 36.5 Å². The molecule has 0 radical (unpaired) electrons. The van der Waals surface area contributed by atoms with Crippen molar-refractivity contribution in [1.82, 2.24) is 29.5 Å². The van der Waals surface area contributed by atoms with Crippen molar-refractivity contribution >= 4 is 5.78 Å². The minimum atomic E-state index is -0.303. The van der Waals surface area contributed by atoms with Crippen LogP contribution in [0.25, 0.3) is 17.3 Å². The van der Waals surface area contributed by atoms with Crippen LogP contribution in [0.3, 0.4) is 0 Å². The van der Waals surface area contributed by atoms with Gasteiger partial charge < -0.3 is 10.7 Å². The van der Waals surface area contributed by atoms with E-state index in [0.29, 0.717) is 5.78 Å². The van der Waals surface area contributed by atoms with E-state index < -0.39 is 0 Å². The molecular formula is C14H17N7. The van der Waals surface area contributed by atoms with Crippen LogP contribution >= 0.6 is 0 Å². The van der Waals surface area contributed by atoms with Crippen molar-refractivity contribution in [2.24, 2.45) is 5.73 Å². The van der Waals surface area contributed by atoms with E-state index in [4.69, 9.17) is 5.73 Å². The quantitative estimate of drug-likeness (QED) is 0.742. The summed E-state index contributed by atoms with van der Waals surface area (Å²) in [5.41, 5.74) is 8.80. The molecule has 108 valence electrons. The molecule has 0 saturated heterocycles. The number of H-pyrrole nitrogens is 1. The summed E-state index contributed by atoms with van der Waals surface area (Å²) in [6, 6.07) is 2.01. The van der Waals surface area contributed by atoms with Crippen LogP contribution in [0.15, 0.2) is 12.3 Å². The highest BCUT2D eigenvalue weighted by atomic mass is 15.3. The van der Waals surface area contributed by atoms with Gasteiger partial charge >= 0.3 is 0 Å². The molecule has 1 fully saturated rings. The molecule has 1 aliphatic rings. The normalized spacial score (nSPS) is 17.1. The lowest BCUT2D eigenvalue weighted by molar-refractivity contribution is 0.240. The molecule has 0 spiro atoms. The zero-order valence-corrected chi connectivity index (χ0v) is 12.1. The van der Waals surface area contributed by atoms with E-state index in [1.165, 1.54) is 0 Å². The molecule has 3 aromatic heterocycles. The van der Waals surface area contributed by atoms with Crippen LogP contribution in [-0.4, -0.2) is 29.5 Å². The molecule has 1 saturated carbocycles. The van der Waals surface area contributed by atoms with Crippen LogP contribution in [-0.2, 0) is 5.54 Å². The fourth-order valence-electron chi connectivity index (χ4n) is 2.89. The number of nitrogens with zero attached hydrogens (tertiary/aromatic N) is 5. The maximum atomic E-state index is 6.30. The Balaban J connectivity index is 1.84. The topological polar surface area (TPSA) is 97.8 Å². The molecule has 0 aliphatic heterocycles. The minimum absolute atomic E-state index is 0.303. The van der Waals surface area contributed by atoms with Gasteiger partial charge in [-0.2, -0.15) is 0 Å². The predicted molar refractivity (Wildman–Crippen MR) is 77.6 cm³/mol. The van der Waals surface area contributed by atoms with Crippen LogP contribution in [0.2, 0.25) is 0 Å². The number of aromatic nitrogens is 6. The van der Waals surface area contributed by atoms with E-state index in [9.17, 15) is 0 Å². The molecule has 3 N–H and O–H groups in total.